The molecule has 3 heterocycles. The Bertz CT molecular complexity index is 1840. The maximum atomic E-state index is 15.3. The topological polar surface area (TPSA) is 98.0 Å². The minimum Gasteiger partial charge on any atom is -0.272 e. The molecule has 0 aromatic heterocycles. The number of nitrogens with zero attached hydrogens (tertiary/aromatic N) is 6. The van der Waals surface area contributed by atoms with Crippen molar-refractivity contribution in [3.8, 4) is 0 Å². The average Bonchev–Trinajstić information content (AvgIpc) is 3.80. The zero-order chi connectivity index (χ0) is 38.6. The molecule has 0 radical (unpaired) electrons. The van der Waals surface area contributed by atoms with E-state index in [-0.39, 0.29) is 11.8 Å². The van der Waals surface area contributed by atoms with Crippen LogP contribution in [0.1, 0.15) is 124 Å². The number of para-hydroxylation sites is 3. The highest BCUT2D eigenvalue weighted by atomic mass is 16.2. The van der Waals surface area contributed by atoms with Crippen LogP contribution in [-0.2, 0) is 14.4 Å². The molecule has 3 atom stereocenters. The summed E-state index contributed by atoms with van der Waals surface area (Å²) in [7, 11) is 0. The minimum atomic E-state index is -1.67. The van der Waals surface area contributed by atoms with Gasteiger partial charge in [0.2, 0.25) is 0 Å². The molecule has 0 unspecified atom stereocenters. The van der Waals surface area contributed by atoms with Gasteiger partial charge in [-0.2, -0.15) is 20.3 Å². The lowest BCUT2D eigenvalue weighted by molar-refractivity contribution is -0.136. The highest BCUT2D eigenvalue weighted by Gasteiger charge is 2.68. The predicted octanol–water partition coefficient (Wildman–Crippen LogP) is 10.7. The molecule has 3 aliphatic heterocycles. The largest absolute Gasteiger partial charge is 0.272 e. The van der Waals surface area contributed by atoms with E-state index in [4.69, 9.17) is 15.3 Å². The zero-order valence-corrected chi connectivity index (χ0v) is 33.0. The molecule has 0 saturated carbocycles. The molecule has 0 bridgehead atoms. The van der Waals surface area contributed by atoms with Crippen molar-refractivity contribution < 1.29 is 14.4 Å². The van der Waals surface area contributed by atoms with Gasteiger partial charge in [0.15, 0.2) is 0 Å². The predicted molar refractivity (Wildman–Crippen MR) is 224 cm³/mol. The molecule has 3 amide bonds. The van der Waals surface area contributed by atoms with E-state index in [1.54, 1.807) is 13.8 Å². The zero-order valence-electron chi connectivity index (χ0n) is 33.0. The fraction of sp³-hybridized carbons (Fsp3) is 0.478. The van der Waals surface area contributed by atoms with Crippen molar-refractivity contribution >= 4 is 51.9 Å². The van der Waals surface area contributed by atoms with E-state index in [9.17, 15) is 9.59 Å². The third-order valence-corrected chi connectivity index (χ3v) is 11.5. The molecular formula is C46H58N6O3. The summed E-state index contributed by atoms with van der Waals surface area (Å²) in [6, 6.07) is 27.7. The van der Waals surface area contributed by atoms with Crippen molar-refractivity contribution in [1.82, 2.24) is 0 Å². The van der Waals surface area contributed by atoms with Crippen LogP contribution in [0.4, 0.5) is 17.1 Å². The number of unbranched alkanes of at least 4 members (excludes halogenated alkanes) is 14. The van der Waals surface area contributed by atoms with Crippen molar-refractivity contribution in [1.29, 1.82) is 0 Å². The second-order valence-electron chi connectivity index (χ2n) is 15.4. The van der Waals surface area contributed by atoms with Gasteiger partial charge >= 0.3 is 0 Å². The Hall–Kier alpha value is -4.92. The van der Waals surface area contributed by atoms with E-state index in [1.165, 1.54) is 92.1 Å². The van der Waals surface area contributed by atoms with Gasteiger partial charge in [-0.1, -0.05) is 151 Å². The fourth-order valence-electron chi connectivity index (χ4n) is 8.61. The number of carbonyl (C=O) groups is 3. The Morgan fingerprint density at radius 2 is 0.891 bits per heavy atom. The van der Waals surface area contributed by atoms with Crippen LogP contribution < -0.4 is 15.0 Å². The van der Waals surface area contributed by atoms with Crippen LogP contribution in [0.5, 0.6) is 0 Å². The van der Waals surface area contributed by atoms with Crippen molar-refractivity contribution in [3.63, 3.8) is 0 Å². The molecular weight excluding hydrogens is 685 g/mol. The highest BCUT2D eigenvalue weighted by Crippen LogP contribution is 2.51. The molecule has 0 N–H and O–H groups in total. The van der Waals surface area contributed by atoms with Crippen molar-refractivity contribution in [2.24, 2.45) is 32.6 Å². The molecule has 0 fully saturated rings. The van der Waals surface area contributed by atoms with Crippen LogP contribution in [0, 0.1) is 17.3 Å². The van der Waals surface area contributed by atoms with Gasteiger partial charge in [-0.3, -0.25) is 14.4 Å². The van der Waals surface area contributed by atoms with Gasteiger partial charge in [0.05, 0.1) is 28.5 Å². The van der Waals surface area contributed by atoms with E-state index in [2.05, 4.69) is 6.92 Å². The Morgan fingerprint density at radius 3 is 1.36 bits per heavy atom. The lowest BCUT2D eigenvalue weighted by Crippen LogP contribution is -2.59. The number of rotatable bonds is 21. The lowest BCUT2D eigenvalue weighted by Gasteiger charge is -2.37. The number of anilines is 3. The first-order valence-corrected chi connectivity index (χ1v) is 20.7. The summed E-state index contributed by atoms with van der Waals surface area (Å²) in [5.41, 5.74) is 1.59. The smallest absolute Gasteiger partial charge is 0.261 e. The number of hydrogen-bond donors (Lipinski definition) is 0. The van der Waals surface area contributed by atoms with E-state index in [0.29, 0.717) is 40.6 Å². The molecule has 9 heteroatoms. The second kappa shape index (κ2) is 19.1. The molecule has 0 saturated heterocycles. The summed E-state index contributed by atoms with van der Waals surface area (Å²) in [4.78, 5) is 44.9. The minimum absolute atomic E-state index is 0.335. The molecule has 0 spiro atoms. The van der Waals surface area contributed by atoms with Crippen LogP contribution in [0.3, 0.4) is 0 Å². The average molecular weight is 743 g/mol. The van der Waals surface area contributed by atoms with Gasteiger partial charge in [-0.25, -0.2) is 10.0 Å². The number of carbonyl (C=O) groups excluding carboxylic acids is 3. The van der Waals surface area contributed by atoms with Crippen LogP contribution in [0.2, 0.25) is 0 Å². The summed E-state index contributed by atoms with van der Waals surface area (Å²) < 4.78 is 0. The van der Waals surface area contributed by atoms with Gasteiger partial charge in [-0.15, -0.1) is 0 Å². The normalized spacial score (nSPS) is 21.1. The van der Waals surface area contributed by atoms with E-state index < -0.39 is 23.2 Å². The maximum absolute atomic E-state index is 15.3. The molecule has 290 valence electrons. The fourth-order valence-corrected chi connectivity index (χ4v) is 8.61. The van der Waals surface area contributed by atoms with Crippen molar-refractivity contribution in [2.75, 3.05) is 15.0 Å². The van der Waals surface area contributed by atoms with Crippen LogP contribution >= 0.6 is 0 Å². The van der Waals surface area contributed by atoms with Gasteiger partial charge in [-0.05, 0) is 63.1 Å². The maximum Gasteiger partial charge on any atom is 0.261 e. The van der Waals surface area contributed by atoms with Crippen LogP contribution in [-0.4, -0.2) is 34.9 Å². The third kappa shape index (κ3) is 8.66. The summed E-state index contributed by atoms with van der Waals surface area (Å²) in [6.07, 6.45) is 19.4. The molecule has 0 aliphatic carbocycles. The molecule has 3 aliphatic rings. The Balaban J connectivity index is 1.21. The number of benzene rings is 3. The molecule has 55 heavy (non-hydrogen) atoms. The monoisotopic (exact) mass is 742 g/mol. The Morgan fingerprint density at radius 1 is 0.491 bits per heavy atom. The van der Waals surface area contributed by atoms with E-state index >= 15 is 4.79 Å². The molecule has 6 rings (SSSR count). The molecule has 9 nitrogen and oxygen atoms in total. The quantitative estimate of drug-likeness (QED) is 0.102. The number of hydrazone groups is 3. The van der Waals surface area contributed by atoms with Gasteiger partial charge in [0.1, 0.15) is 17.3 Å². The lowest BCUT2D eigenvalue weighted by atomic mass is 9.60. The van der Waals surface area contributed by atoms with E-state index in [0.717, 1.165) is 19.3 Å². The molecule has 3 aromatic rings. The highest BCUT2D eigenvalue weighted by molar-refractivity contribution is 6.33. The van der Waals surface area contributed by atoms with Crippen LogP contribution in [0.15, 0.2) is 106 Å². The second-order valence-corrected chi connectivity index (χ2v) is 15.4. The third-order valence-electron chi connectivity index (χ3n) is 11.5. The number of hydrogen-bond acceptors (Lipinski definition) is 6. The first kappa shape index (κ1) is 39.8. The number of amides is 3. The molecule has 3 aromatic carbocycles. The standard InChI is InChI=1S/C46H58N6O3/c1-4-5-6-7-8-9-10-11-12-13-14-15-16-17-27-34-40-42(44(54)51(49-40)38-30-23-19-24-31-38)46(36(3)48-52(45(46)55)39-32-25-20-26-33-39)41-35(2)47-50(43(41)53)37-28-21-18-22-29-37/h18-26,28-33,41-42H,4-17,27,34H2,1-3H3/t41-,42-,46-/m1/s1. The Kier molecular flexibility index (Phi) is 13.8. The van der Waals surface area contributed by atoms with Crippen LogP contribution in [0.25, 0.3) is 0 Å². The summed E-state index contributed by atoms with van der Waals surface area (Å²) in [5, 5.41) is 18.7. The van der Waals surface area contributed by atoms with Crippen molar-refractivity contribution in [3.05, 3.63) is 91.0 Å². The summed E-state index contributed by atoms with van der Waals surface area (Å²) in [5.74, 6) is -3.22. The first-order chi connectivity index (χ1) is 26.9. The SMILES string of the molecule is CCCCCCCCCCCCCCCCCC1=NN(c2ccccc2)C(=O)[C@@H]1[C@@]1([C@H]2C(=O)N(c3ccccc3)N=C2C)C(=O)N(c2ccccc2)N=C1C. The summed E-state index contributed by atoms with van der Waals surface area (Å²) >= 11 is 0. The van der Waals surface area contributed by atoms with E-state index in [1.807, 2.05) is 91.0 Å². The van der Waals surface area contributed by atoms with Gasteiger partial charge in [0.25, 0.3) is 17.7 Å². The Labute approximate surface area is 327 Å². The summed E-state index contributed by atoms with van der Waals surface area (Å²) in [6.45, 7) is 5.82. The van der Waals surface area contributed by atoms with Gasteiger partial charge < -0.3 is 0 Å². The van der Waals surface area contributed by atoms with Crippen molar-refractivity contribution in [2.45, 2.75) is 124 Å². The van der Waals surface area contributed by atoms with Gasteiger partial charge in [0, 0.05) is 5.71 Å². The first-order valence-electron chi connectivity index (χ1n) is 20.7.